The second kappa shape index (κ2) is 5.50. The van der Waals surface area contributed by atoms with Crippen molar-refractivity contribution in [2.75, 3.05) is 6.61 Å². The molecule has 1 aliphatic rings. The molecule has 0 atom stereocenters. The molecule has 1 aromatic rings. The lowest BCUT2D eigenvalue weighted by Crippen LogP contribution is -2.06. The van der Waals surface area contributed by atoms with E-state index in [2.05, 4.69) is 12.1 Å². The quantitative estimate of drug-likeness (QED) is 0.464. The van der Waals surface area contributed by atoms with Crippen molar-refractivity contribution < 1.29 is 9.53 Å². The van der Waals surface area contributed by atoms with Crippen molar-refractivity contribution in [3.63, 3.8) is 0 Å². The number of aryl methyl sites for hydroxylation is 2. The Labute approximate surface area is 107 Å². The molecule has 92 valence electrons. The molecule has 0 aromatic heterocycles. The molecule has 0 spiro atoms. The van der Waals surface area contributed by atoms with Crippen LogP contribution < -0.4 is 0 Å². The topological polar surface area (TPSA) is 50.1 Å². The number of nitriles is 1. The normalized spacial score (nSPS) is 13.9. The number of fused-ring (bicyclic) bond motifs is 1. The third-order valence-electron chi connectivity index (χ3n) is 3.05. The molecule has 0 saturated carbocycles. The molecule has 2 rings (SSSR count). The zero-order valence-electron chi connectivity index (χ0n) is 10.4. The van der Waals surface area contributed by atoms with Crippen molar-refractivity contribution in [1.82, 2.24) is 0 Å². The van der Waals surface area contributed by atoms with Crippen LogP contribution in [0.25, 0.3) is 6.08 Å². The van der Waals surface area contributed by atoms with Crippen LogP contribution in [0, 0.1) is 11.3 Å². The van der Waals surface area contributed by atoms with Crippen molar-refractivity contribution in [3.05, 3.63) is 40.5 Å². The molecule has 0 N–H and O–H groups in total. The Balaban J connectivity index is 2.26. The van der Waals surface area contributed by atoms with Crippen LogP contribution in [-0.4, -0.2) is 12.6 Å². The summed E-state index contributed by atoms with van der Waals surface area (Å²) < 4.78 is 4.83. The van der Waals surface area contributed by atoms with E-state index in [1.165, 1.54) is 17.5 Å². The Morgan fingerprint density at radius 2 is 2.22 bits per heavy atom. The van der Waals surface area contributed by atoms with Gasteiger partial charge in [0.1, 0.15) is 11.6 Å². The van der Waals surface area contributed by atoms with Gasteiger partial charge in [-0.2, -0.15) is 5.26 Å². The minimum Gasteiger partial charge on any atom is -0.462 e. The maximum atomic E-state index is 11.5. The Morgan fingerprint density at radius 3 is 2.94 bits per heavy atom. The number of rotatable bonds is 3. The van der Waals surface area contributed by atoms with E-state index >= 15 is 0 Å². The summed E-state index contributed by atoms with van der Waals surface area (Å²) in [5.41, 5.74) is 3.64. The highest BCUT2D eigenvalue weighted by Gasteiger charge is 2.12. The van der Waals surface area contributed by atoms with E-state index in [-0.39, 0.29) is 12.2 Å². The largest absolute Gasteiger partial charge is 0.462 e. The molecule has 0 unspecified atom stereocenters. The molecule has 0 amide bonds. The zero-order valence-corrected chi connectivity index (χ0v) is 10.4. The van der Waals surface area contributed by atoms with Crippen LogP contribution in [0.1, 0.15) is 30.0 Å². The van der Waals surface area contributed by atoms with Crippen LogP contribution in [0.2, 0.25) is 0 Å². The van der Waals surface area contributed by atoms with E-state index in [4.69, 9.17) is 10.00 Å². The number of benzene rings is 1. The lowest BCUT2D eigenvalue weighted by molar-refractivity contribution is -0.137. The van der Waals surface area contributed by atoms with Crippen LogP contribution in [0.15, 0.2) is 23.8 Å². The smallest absolute Gasteiger partial charge is 0.348 e. The molecular weight excluding hydrogens is 226 g/mol. The van der Waals surface area contributed by atoms with Crippen molar-refractivity contribution in [2.24, 2.45) is 0 Å². The van der Waals surface area contributed by atoms with Gasteiger partial charge >= 0.3 is 5.97 Å². The number of carbonyl (C=O) groups is 1. The number of hydrogen-bond acceptors (Lipinski definition) is 3. The Hall–Kier alpha value is -2.08. The van der Waals surface area contributed by atoms with E-state index in [0.29, 0.717) is 0 Å². The predicted molar refractivity (Wildman–Crippen MR) is 68.7 cm³/mol. The number of ether oxygens (including phenoxy) is 1. The number of carbonyl (C=O) groups excluding carboxylic acids is 1. The predicted octanol–water partition coefficient (Wildman–Crippen LogP) is 2.65. The van der Waals surface area contributed by atoms with Gasteiger partial charge in [-0.15, -0.1) is 0 Å². The number of nitrogens with zero attached hydrogens (tertiary/aromatic N) is 1. The molecule has 0 bridgehead atoms. The van der Waals surface area contributed by atoms with Crippen molar-refractivity contribution in [2.45, 2.75) is 26.2 Å². The van der Waals surface area contributed by atoms with Gasteiger partial charge in [0, 0.05) is 0 Å². The Kier molecular flexibility index (Phi) is 3.78. The molecule has 3 nitrogen and oxygen atoms in total. The minimum atomic E-state index is -0.555. The summed E-state index contributed by atoms with van der Waals surface area (Å²) in [6, 6.07) is 7.97. The highest BCUT2D eigenvalue weighted by Crippen LogP contribution is 2.23. The molecule has 1 aromatic carbocycles. The molecule has 0 heterocycles. The summed E-state index contributed by atoms with van der Waals surface area (Å²) in [6.45, 7) is 2.00. The molecule has 18 heavy (non-hydrogen) atoms. The highest BCUT2D eigenvalue weighted by atomic mass is 16.5. The van der Waals surface area contributed by atoms with Crippen LogP contribution >= 0.6 is 0 Å². The second-order valence-corrected chi connectivity index (χ2v) is 4.27. The van der Waals surface area contributed by atoms with Gasteiger partial charge in [0.2, 0.25) is 0 Å². The fraction of sp³-hybridized carbons (Fsp3) is 0.333. The summed E-state index contributed by atoms with van der Waals surface area (Å²) in [5.74, 6) is -0.555. The van der Waals surface area contributed by atoms with Gasteiger partial charge < -0.3 is 4.74 Å². The van der Waals surface area contributed by atoms with Crippen LogP contribution in [-0.2, 0) is 22.4 Å². The van der Waals surface area contributed by atoms with Gasteiger partial charge in [-0.3, -0.25) is 0 Å². The van der Waals surface area contributed by atoms with Crippen molar-refractivity contribution >= 4 is 12.0 Å². The zero-order chi connectivity index (χ0) is 13.0. The van der Waals surface area contributed by atoms with Gasteiger partial charge in [0.15, 0.2) is 0 Å². The van der Waals surface area contributed by atoms with E-state index in [1.54, 1.807) is 13.0 Å². The van der Waals surface area contributed by atoms with Gasteiger partial charge in [-0.25, -0.2) is 4.79 Å². The molecular formula is C15H15NO2. The number of esters is 1. The first-order valence-electron chi connectivity index (χ1n) is 6.15. The Bertz CT molecular complexity index is 538. The SMILES string of the molecule is CCOC(=O)/C(C#N)=C/c1ccc2c(c1)CCC2. The van der Waals surface area contributed by atoms with E-state index in [9.17, 15) is 4.79 Å². The fourth-order valence-corrected chi connectivity index (χ4v) is 2.19. The number of hydrogen-bond donors (Lipinski definition) is 0. The monoisotopic (exact) mass is 241 g/mol. The first kappa shape index (κ1) is 12.4. The van der Waals surface area contributed by atoms with E-state index in [0.717, 1.165) is 18.4 Å². The maximum Gasteiger partial charge on any atom is 0.348 e. The van der Waals surface area contributed by atoms with Gasteiger partial charge in [0.25, 0.3) is 0 Å². The highest BCUT2D eigenvalue weighted by molar-refractivity contribution is 5.97. The van der Waals surface area contributed by atoms with E-state index < -0.39 is 5.97 Å². The average molecular weight is 241 g/mol. The minimum absolute atomic E-state index is 0.0507. The lowest BCUT2D eigenvalue weighted by Gasteiger charge is -2.02. The molecule has 3 heteroatoms. The van der Waals surface area contributed by atoms with Crippen LogP contribution in [0.3, 0.4) is 0 Å². The summed E-state index contributed by atoms with van der Waals surface area (Å²) in [4.78, 5) is 11.5. The molecule has 0 fully saturated rings. The summed E-state index contributed by atoms with van der Waals surface area (Å²) in [7, 11) is 0. The first-order valence-corrected chi connectivity index (χ1v) is 6.15. The van der Waals surface area contributed by atoms with Gasteiger partial charge in [-0.1, -0.05) is 18.2 Å². The van der Waals surface area contributed by atoms with E-state index in [1.807, 2.05) is 12.1 Å². The van der Waals surface area contributed by atoms with Gasteiger partial charge in [-0.05, 0) is 49.0 Å². The van der Waals surface area contributed by atoms with Crippen LogP contribution in [0.5, 0.6) is 0 Å². The third-order valence-corrected chi connectivity index (χ3v) is 3.05. The maximum absolute atomic E-state index is 11.5. The average Bonchev–Trinajstić information content (AvgIpc) is 2.83. The van der Waals surface area contributed by atoms with Crippen LogP contribution in [0.4, 0.5) is 0 Å². The lowest BCUT2D eigenvalue weighted by atomic mass is 10.0. The standard InChI is InChI=1S/C15H15NO2/c1-2-18-15(17)14(10-16)9-11-6-7-12-4-3-5-13(12)8-11/h6-9H,2-5H2,1H3/b14-9+. The van der Waals surface area contributed by atoms with Crippen molar-refractivity contribution in [3.8, 4) is 6.07 Å². The summed E-state index contributed by atoms with van der Waals surface area (Å²) >= 11 is 0. The molecule has 0 saturated heterocycles. The van der Waals surface area contributed by atoms with Crippen molar-refractivity contribution in [1.29, 1.82) is 5.26 Å². The molecule has 0 radical (unpaired) electrons. The fourth-order valence-electron chi connectivity index (χ4n) is 2.19. The molecule has 1 aliphatic carbocycles. The summed E-state index contributed by atoms with van der Waals surface area (Å²) in [5, 5.41) is 8.96. The van der Waals surface area contributed by atoms with Gasteiger partial charge in [0.05, 0.1) is 6.61 Å². The summed E-state index contributed by atoms with van der Waals surface area (Å²) in [6.07, 6.45) is 4.99. The third kappa shape index (κ3) is 2.60. The molecule has 0 aliphatic heterocycles. The first-order chi connectivity index (χ1) is 8.74. The Morgan fingerprint density at radius 1 is 1.44 bits per heavy atom. The second-order valence-electron chi connectivity index (χ2n) is 4.27.